The molecular weight excluding hydrogens is 122 g/mol. The molecule has 0 spiro atoms. The minimum Gasteiger partial charge on any atom is -0.292 e. The van der Waals surface area contributed by atoms with Crippen molar-refractivity contribution in [3.63, 3.8) is 0 Å². The summed E-state index contributed by atoms with van der Waals surface area (Å²) in [4.78, 5) is 4.08. The largest absolute Gasteiger partial charge is 0.292 e. The molecule has 10 heavy (non-hydrogen) atoms. The van der Waals surface area contributed by atoms with Gasteiger partial charge in [0.1, 0.15) is 0 Å². The van der Waals surface area contributed by atoms with E-state index >= 15 is 0 Å². The summed E-state index contributed by atoms with van der Waals surface area (Å²) in [7, 11) is 0. The first-order chi connectivity index (χ1) is 4.97. The normalized spacial score (nSPS) is 14.8. The van der Waals surface area contributed by atoms with Crippen LogP contribution in [0, 0.1) is 6.42 Å². The first-order valence-corrected chi connectivity index (χ1v) is 3.29. The molecule has 0 fully saturated rings. The van der Waals surface area contributed by atoms with Crippen molar-refractivity contribution in [2.24, 2.45) is 4.99 Å². The molecule has 0 saturated heterocycles. The number of hydrogen-bond acceptors (Lipinski definition) is 1. The average molecular weight is 129 g/mol. The van der Waals surface area contributed by atoms with Gasteiger partial charge in [-0.2, -0.15) is 0 Å². The van der Waals surface area contributed by atoms with Crippen molar-refractivity contribution in [2.75, 3.05) is 6.54 Å². The number of rotatable bonds is 0. The Morgan fingerprint density at radius 1 is 1.30 bits per heavy atom. The predicted molar refractivity (Wildman–Crippen MR) is 41.2 cm³/mol. The van der Waals surface area contributed by atoms with Gasteiger partial charge in [-0.25, -0.2) is 0 Å². The van der Waals surface area contributed by atoms with Gasteiger partial charge >= 0.3 is 0 Å². The molecule has 0 unspecified atom stereocenters. The fraction of sp³-hybridized carbons (Fsp3) is 0.111. The third kappa shape index (κ3) is 0.838. The van der Waals surface area contributed by atoms with Crippen LogP contribution in [-0.2, 0) is 0 Å². The van der Waals surface area contributed by atoms with E-state index in [2.05, 4.69) is 17.5 Å². The smallest absolute Gasteiger partial charge is 0.0506 e. The van der Waals surface area contributed by atoms with Crippen LogP contribution in [0.4, 0.5) is 0 Å². The lowest BCUT2D eigenvalue weighted by Crippen LogP contribution is -1.99. The second-order valence-electron chi connectivity index (χ2n) is 2.23. The van der Waals surface area contributed by atoms with E-state index in [0.717, 1.165) is 0 Å². The van der Waals surface area contributed by atoms with E-state index in [1.54, 1.807) is 0 Å². The van der Waals surface area contributed by atoms with Crippen molar-refractivity contribution in [3.8, 4) is 0 Å². The highest BCUT2D eigenvalue weighted by molar-refractivity contribution is 5.83. The Bertz CT molecular complexity index is 263. The van der Waals surface area contributed by atoms with Gasteiger partial charge in [-0.3, -0.25) is 4.99 Å². The molecule has 1 heterocycles. The third-order valence-electron chi connectivity index (χ3n) is 1.55. The van der Waals surface area contributed by atoms with E-state index in [1.807, 2.05) is 24.4 Å². The van der Waals surface area contributed by atoms with Crippen LogP contribution < -0.4 is 0 Å². The first-order valence-electron chi connectivity index (χ1n) is 3.29. The molecule has 2 rings (SSSR count). The quantitative estimate of drug-likeness (QED) is 0.504. The minimum absolute atomic E-state index is 0.705. The predicted octanol–water partition coefficient (Wildman–Crippen LogP) is 1.55. The Hall–Kier alpha value is -1.11. The molecule has 0 N–H and O–H groups in total. The van der Waals surface area contributed by atoms with E-state index < -0.39 is 0 Å². The summed E-state index contributed by atoms with van der Waals surface area (Å²) in [6, 6.07) is 8.13. The molecule has 0 saturated carbocycles. The van der Waals surface area contributed by atoms with Crippen molar-refractivity contribution in [2.45, 2.75) is 0 Å². The van der Waals surface area contributed by atoms with Crippen molar-refractivity contribution in [1.82, 2.24) is 0 Å². The molecular formula is C9H7N. The number of hydrogen-bond donors (Lipinski definition) is 0. The Kier molecular flexibility index (Phi) is 1.28. The van der Waals surface area contributed by atoms with E-state index in [4.69, 9.17) is 0 Å². The molecule has 1 aromatic rings. The molecule has 0 aromatic heterocycles. The van der Waals surface area contributed by atoms with Crippen molar-refractivity contribution < 1.29 is 0 Å². The maximum Gasteiger partial charge on any atom is 0.0506 e. The molecule has 0 aliphatic carbocycles. The van der Waals surface area contributed by atoms with Crippen molar-refractivity contribution in [1.29, 1.82) is 0 Å². The van der Waals surface area contributed by atoms with Gasteiger partial charge in [-0.1, -0.05) is 24.3 Å². The molecule has 1 nitrogen and oxygen atoms in total. The Labute approximate surface area is 60.4 Å². The lowest BCUT2D eigenvalue weighted by Gasteiger charge is -2.06. The summed E-state index contributed by atoms with van der Waals surface area (Å²) >= 11 is 0. The molecule has 2 radical (unpaired) electrons. The second kappa shape index (κ2) is 2.25. The lowest BCUT2D eigenvalue weighted by molar-refractivity contribution is 1.14. The van der Waals surface area contributed by atoms with E-state index in [0.29, 0.717) is 6.54 Å². The molecule has 0 atom stereocenters. The zero-order valence-corrected chi connectivity index (χ0v) is 5.54. The fourth-order valence-corrected chi connectivity index (χ4v) is 1.05. The monoisotopic (exact) mass is 129 g/mol. The highest BCUT2D eigenvalue weighted by Gasteiger charge is 2.02. The topological polar surface area (TPSA) is 12.4 Å². The van der Waals surface area contributed by atoms with Gasteiger partial charge in [0.15, 0.2) is 0 Å². The summed E-state index contributed by atoms with van der Waals surface area (Å²) in [6.45, 7) is 0.705. The molecule has 1 aliphatic rings. The van der Waals surface area contributed by atoms with E-state index in [-0.39, 0.29) is 0 Å². The van der Waals surface area contributed by atoms with Crippen LogP contribution >= 0.6 is 0 Å². The van der Waals surface area contributed by atoms with Gasteiger partial charge in [0.2, 0.25) is 0 Å². The van der Waals surface area contributed by atoms with E-state index in [1.165, 1.54) is 11.1 Å². The maximum absolute atomic E-state index is 4.08. The Morgan fingerprint density at radius 2 is 2.20 bits per heavy atom. The number of nitrogens with zero attached hydrogens (tertiary/aromatic N) is 1. The molecule has 48 valence electrons. The SMILES string of the molecule is [C]1CN=Cc2ccccc21. The summed E-state index contributed by atoms with van der Waals surface area (Å²) < 4.78 is 0. The van der Waals surface area contributed by atoms with Crippen LogP contribution in [0.2, 0.25) is 0 Å². The molecule has 1 aromatic carbocycles. The highest BCUT2D eigenvalue weighted by atomic mass is 14.7. The zero-order chi connectivity index (χ0) is 6.81. The first kappa shape index (κ1) is 5.66. The lowest BCUT2D eigenvalue weighted by atomic mass is 10.0. The highest BCUT2D eigenvalue weighted by Crippen LogP contribution is 2.11. The molecule has 1 heteroatoms. The molecule has 1 aliphatic heterocycles. The number of aliphatic imine (C=N–C) groups is 1. The van der Waals surface area contributed by atoms with Crippen LogP contribution in [0.25, 0.3) is 0 Å². The summed E-state index contributed by atoms with van der Waals surface area (Å²) in [6.07, 6.45) is 5.06. The number of benzene rings is 1. The number of fused-ring (bicyclic) bond motifs is 1. The zero-order valence-electron chi connectivity index (χ0n) is 5.54. The van der Waals surface area contributed by atoms with Crippen LogP contribution in [0.5, 0.6) is 0 Å². The van der Waals surface area contributed by atoms with Crippen LogP contribution in [0.3, 0.4) is 0 Å². The van der Waals surface area contributed by atoms with Crippen LogP contribution in [0.15, 0.2) is 29.3 Å². The van der Waals surface area contributed by atoms with Gasteiger partial charge in [0.25, 0.3) is 0 Å². The van der Waals surface area contributed by atoms with Gasteiger partial charge < -0.3 is 0 Å². The van der Waals surface area contributed by atoms with Crippen LogP contribution in [0.1, 0.15) is 11.1 Å². The fourth-order valence-electron chi connectivity index (χ4n) is 1.05. The summed E-state index contributed by atoms with van der Waals surface area (Å²) in [5.41, 5.74) is 2.35. The summed E-state index contributed by atoms with van der Waals surface area (Å²) in [5, 5.41) is 0. The van der Waals surface area contributed by atoms with Gasteiger partial charge in [0.05, 0.1) is 6.54 Å². The van der Waals surface area contributed by atoms with E-state index in [9.17, 15) is 0 Å². The van der Waals surface area contributed by atoms with Crippen LogP contribution in [-0.4, -0.2) is 12.8 Å². The summed E-state index contributed by atoms with van der Waals surface area (Å²) in [5.74, 6) is 0. The van der Waals surface area contributed by atoms with Crippen molar-refractivity contribution in [3.05, 3.63) is 41.8 Å². The average Bonchev–Trinajstić information content (AvgIpc) is 2.05. The van der Waals surface area contributed by atoms with Gasteiger partial charge in [0, 0.05) is 12.6 Å². The Morgan fingerprint density at radius 3 is 3.10 bits per heavy atom. The Balaban J connectivity index is 2.54. The second-order valence-corrected chi connectivity index (χ2v) is 2.23. The minimum atomic E-state index is 0.705. The third-order valence-corrected chi connectivity index (χ3v) is 1.55. The van der Waals surface area contributed by atoms with Crippen molar-refractivity contribution >= 4 is 6.21 Å². The maximum atomic E-state index is 4.08. The van der Waals surface area contributed by atoms with Gasteiger partial charge in [-0.15, -0.1) is 0 Å². The standard InChI is InChI=1S/C9H7N/c1-2-4-9-7-10-6-5-8(9)3-1/h1-4,7H,6H2. The molecule has 0 amide bonds. The van der Waals surface area contributed by atoms with Gasteiger partial charge in [-0.05, 0) is 11.1 Å². The molecule has 0 bridgehead atoms.